The lowest BCUT2D eigenvalue weighted by Gasteiger charge is -2.11. The summed E-state index contributed by atoms with van der Waals surface area (Å²) in [5.74, 6) is 2.06. The predicted octanol–water partition coefficient (Wildman–Crippen LogP) is 3.02. The van der Waals surface area contributed by atoms with E-state index in [0.29, 0.717) is 34.2 Å². The van der Waals surface area contributed by atoms with E-state index in [1.165, 1.54) is 6.92 Å². The number of imidazole rings is 1. The van der Waals surface area contributed by atoms with Crippen molar-refractivity contribution in [2.75, 3.05) is 5.73 Å². The molecular formula is C23H20N8O2. The van der Waals surface area contributed by atoms with Crippen LogP contribution in [0, 0.1) is 6.92 Å². The van der Waals surface area contributed by atoms with E-state index >= 15 is 0 Å². The number of aromatic nitrogens is 7. The van der Waals surface area contributed by atoms with Crippen LogP contribution >= 0.6 is 0 Å². The van der Waals surface area contributed by atoms with Gasteiger partial charge in [-0.3, -0.25) is 13.9 Å². The molecule has 0 aliphatic heterocycles. The van der Waals surface area contributed by atoms with Crippen molar-refractivity contribution in [1.82, 2.24) is 34.3 Å². The number of rotatable bonds is 5. The fraction of sp³-hybridized carbons (Fsp3) is 0.130. The van der Waals surface area contributed by atoms with Gasteiger partial charge in [-0.2, -0.15) is 0 Å². The van der Waals surface area contributed by atoms with Crippen molar-refractivity contribution >= 4 is 23.0 Å². The highest BCUT2D eigenvalue weighted by atomic mass is 16.5. The summed E-state index contributed by atoms with van der Waals surface area (Å²) in [6.45, 7) is 3.45. The molecule has 33 heavy (non-hydrogen) atoms. The minimum absolute atomic E-state index is 0.206. The third-order valence-corrected chi connectivity index (χ3v) is 5.17. The Morgan fingerprint density at radius 2 is 1.91 bits per heavy atom. The Morgan fingerprint density at radius 3 is 2.61 bits per heavy atom. The summed E-state index contributed by atoms with van der Waals surface area (Å²) in [6, 6.07) is 15.1. The van der Waals surface area contributed by atoms with Crippen LogP contribution in [0.2, 0.25) is 0 Å². The Kier molecular flexibility index (Phi) is 5.02. The highest BCUT2D eigenvalue weighted by molar-refractivity contribution is 5.83. The molecule has 164 valence electrons. The molecule has 5 aromatic rings. The number of aryl methyl sites for hydroxylation is 1. The number of carbonyl (C=O) groups is 1. The average molecular weight is 440 g/mol. The number of hydrogen-bond acceptors (Lipinski definition) is 8. The maximum absolute atomic E-state index is 11.1. The fourth-order valence-corrected chi connectivity index (χ4v) is 3.56. The number of fused-ring (bicyclic) bond motifs is 1. The zero-order valence-corrected chi connectivity index (χ0v) is 18.0. The Morgan fingerprint density at radius 1 is 1.09 bits per heavy atom. The van der Waals surface area contributed by atoms with Gasteiger partial charge in [0.2, 0.25) is 0 Å². The minimum Gasteiger partial charge on any atom is -0.461 e. The molecule has 2 N–H and O–H groups in total. The smallest absolute Gasteiger partial charge is 0.302 e. The van der Waals surface area contributed by atoms with Crippen molar-refractivity contribution in [3.8, 4) is 22.9 Å². The van der Waals surface area contributed by atoms with Gasteiger partial charge in [-0.05, 0) is 48.9 Å². The van der Waals surface area contributed by atoms with Gasteiger partial charge in [-0.15, -0.1) is 10.2 Å². The van der Waals surface area contributed by atoms with E-state index in [4.69, 9.17) is 20.4 Å². The second-order valence-electron chi connectivity index (χ2n) is 7.41. The molecule has 0 amide bonds. The van der Waals surface area contributed by atoms with Crippen molar-refractivity contribution in [2.24, 2.45) is 0 Å². The predicted molar refractivity (Wildman–Crippen MR) is 122 cm³/mol. The van der Waals surface area contributed by atoms with Crippen molar-refractivity contribution in [3.05, 3.63) is 72.4 Å². The Labute approximate surface area is 188 Å². The van der Waals surface area contributed by atoms with Crippen LogP contribution in [0.1, 0.15) is 18.3 Å². The number of anilines is 1. The van der Waals surface area contributed by atoms with E-state index in [2.05, 4.69) is 15.2 Å². The SMILES string of the molecule is CC(=O)OCc1ccc(-n2c(-c3cccnc3N)nc3ccc(-n4cnnc4C)nc32)cc1. The van der Waals surface area contributed by atoms with Gasteiger partial charge < -0.3 is 10.5 Å². The van der Waals surface area contributed by atoms with Crippen LogP contribution in [0.15, 0.2) is 61.1 Å². The van der Waals surface area contributed by atoms with Gasteiger partial charge in [0.05, 0.1) is 5.56 Å². The Hall–Kier alpha value is -4.60. The van der Waals surface area contributed by atoms with Crippen LogP contribution in [0.25, 0.3) is 34.1 Å². The molecule has 0 aliphatic carbocycles. The van der Waals surface area contributed by atoms with Crippen LogP contribution in [-0.4, -0.2) is 40.3 Å². The number of nitrogens with two attached hydrogens (primary N) is 1. The summed E-state index contributed by atoms with van der Waals surface area (Å²) in [6.07, 6.45) is 3.26. The molecule has 4 heterocycles. The first-order chi connectivity index (χ1) is 16.0. The van der Waals surface area contributed by atoms with Crippen LogP contribution in [-0.2, 0) is 16.1 Å². The molecule has 0 saturated carbocycles. The molecule has 10 nitrogen and oxygen atoms in total. The summed E-state index contributed by atoms with van der Waals surface area (Å²) in [5.41, 5.74) is 9.92. The van der Waals surface area contributed by atoms with E-state index < -0.39 is 0 Å². The largest absolute Gasteiger partial charge is 0.461 e. The summed E-state index contributed by atoms with van der Waals surface area (Å²) in [5, 5.41) is 8.00. The number of pyridine rings is 2. The molecule has 0 atom stereocenters. The first-order valence-electron chi connectivity index (χ1n) is 10.2. The fourth-order valence-electron chi connectivity index (χ4n) is 3.56. The lowest BCUT2D eigenvalue weighted by molar-refractivity contribution is -0.142. The second-order valence-corrected chi connectivity index (χ2v) is 7.41. The number of benzene rings is 1. The Balaban J connectivity index is 1.70. The highest BCUT2D eigenvalue weighted by Gasteiger charge is 2.19. The van der Waals surface area contributed by atoms with E-state index in [-0.39, 0.29) is 12.6 Å². The third-order valence-electron chi connectivity index (χ3n) is 5.17. The van der Waals surface area contributed by atoms with E-state index in [1.54, 1.807) is 17.1 Å². The summed E-state index contributed by atoms with van der Waals surface area (Å²) in [4.78, 5) is 25.0. The molecule has 0 fully saturated rings. The maximum atomic E-state index is 11.1. The monoisotopic (exact) mass is 440 g/mol. The summed E-state index contributed by atoms with van der Waals surface area (Å²) in [7, 11) is 0. The van der Waals surface area contributed by atoms with Crippen molar-refractivity contribution in [2.45, 2.75) is 20.5 Å². The van der Waals surface area contributed by atoms with Gasteiger partial charge in [0.15, 0.2) is 11.5 Å². The molecule has 1 aromatic carbocycles. The topological polar surface area (TPSA) is 127 Å². The molecule has 0 spiro atoms. The first kappa shape index (κ1) is 20.3. The van der Waals surface area contributed by atoms with Crippen molar-refractivity contribution in [1.29, 1.82) is 0 Å². The Bertz CT molecular complexity index is 1470. The van der Waals surface area contributed by atoms with Gasteiger partial charge >= 0.3 is 5.97 Å². The molecule has 0 unspecified atom stereocenters. The normalized spacial score (nSPS) is 11.1. The molecule has 0 bridgehead atoms. The summed E-state index contributed by atoms with van der Waals surface area (Å²) < 4.78 is 8.83. The first-order valence-corrected chi connectivity index (χ1v) is 10.2. The molecular weight excluding hydrogens is 420 g/mol. The number of carbonyl (C=O) groups excluding carboxylic acids is 1. The minimum atomic E-state index is -0.324. The van der Waals surface area contributed by atoms with Gasteiger partial charge in [0, 0.05) is 18.8 Å². The third kappa shape index (κ3) is 3.78. The molecule has 4 aromatic heterocycles. The second kappa shape index (κ2) is 8.15. The van der Waals surface area contributed by atoms with Crippen LogP contribution < -0.4 is 5.73 Å². The molecule has 0 saturated heterocycles. The standard InChI is InChI=1S/C23H20N8O2/c1-14-29-26-13-30(14)20-10-9-19-23(28-20)31(22(27-19)18-4-3-11-25-21(18)24)17-7-5-16(6-8-17)12-33-15(2)32/h3-11,13H,12H2,1-2H3,(H2,24,25). The van der Waals surface area contributed by atoms with Crippen LogP contribution in [0.3, 0.4) is 0 Å². The van der Waals surface area contributed by atoms with Gasteiger partial charge in [-0.1, -0.05) is 12.1 Å². The van der Waals surface area contributed by atoms with Crippen LogP contribution in [0.5, 0.6) is 0 Å². The van der Waals surface area contributed by atoms with E-state index in [1.807, 2.05) is 60.0 Å². The lowest BCUT2D eigenvalue weighted by Crippen LogP contribution is -2.04. The molecule has 0 aliphatic rings. The zero-order chi connectivity index (χ0) is 22.9. The number of hydrogen-bond donors (Lipinski definition) is 1. The maximum Gasteiger partial charge on any atom is 0.302 e. The molecule has 0 radical (unpaired) electrons. The number of nitrogen functional groups attached to an aromatic ring is 1. The van der Waals surface area contributed by atoms with Gasteiger partial charge in [-0.25, -0.2) is 15.0 Å². The highest BCUT2D eigenvalue weighted by Crippen LogP contribution is 2.31. The van der Waals surface area contributed by atoms with Gasteiger partial charge in [0.25, 0.3) is 0 Å². The zero-order valence-electron chi connectivity index (χ0n) is 18.0. The van der Waals surface area contributed by atoms with Crippen LogP contribution in [0.4, 0.5) is 5.82 Å². The lowest BCUT2D eigenvalue weighted by atomic mass is 10.2. The quantitative estimate of drug-likeness (QED) is 0.413. The summed E-state index contributed by atoms with van der Waals surface area (Å²) >= 11 is 0. The van der Waals surface area contributed by atoms with E-state index in [9.17, 15) is 4.79 Å². The number of esters is 1. The number of ether oxygens (including phenoxy) is 1. The number of nitrogens with zero attached hydrogens (tertiary/aromatic N) is 7. The van der Waals surface area contributed by atoms with E-state index in [0.717, 1.165) is 17.1 Å². The average Bonchev–Trinajstić information content (AvgIpc) is 3.41. The van der Waals surface area contributed by atoms with Crippen molar-refractivity contribution < 1.29 is 9.53 Å². The molecule has 10 heteroatoms. The molecule has 5 rings (SSSR count). The van der Waals surface area contributed by atoms with Gasteiger partial charge in [0.1, 0.15) is 35.9 Å². The van der Waals surface area contributed by atoms with Crippen molar-refractivity contribution in [3.63, 3.8) is 0 Å².